The lowest BCUT2D eigenvalue weighted by Crippen LogP contribution is -2.35. The highest BCUT2D eigenvalue weighted by atomic mass is 35.5. The zero-order valence-electron chi connectivity index (χ0n) is 50.2. The minimum atomic E-state index is -5.08. The summed E-state index contributed by atoms with van der Waals surface area (Å²) in [5.74, 6) is -8.02. The van der Waals surface area contributed by atoms with E-state index in [2.05, 4.69) is 128 Å². The zero-order chi connectivity index (χ0) is 67.3. The maximum atomic E-state index is 10.6. The average Bonchev–Trinajstić information content (AvgIpc) is 1.71. The van der Waals surface area contributed by atoms with Crippen molar-refractivity contribution in [2.45, 2.75) is 137 Å². The highest BCUT2D eigenvalue weighted by Gasteiger charge is 2.40. The van der Waals surface area contributed by atoms with Crippen LogP contribution in [0.15, 0.2) is 97.1 Å². The second-order valence-corrected chi connectivity index (χ2v) is 21.3. The van der Waals surface area contributed by atoms with Gasteiger partial charge in [0, 0.05) is 84.8 Å². The largest absolute Gasteiger partial charge is 0.490 e. The number of aryl methyl sites for hydroxylation is 4. The van der Waals surface area contributed by atoms with Gasteiger partial charge >= 0.3 is 36.4 Å². The summed E-state index contributed by atoms with van der Waals surface area (Å²) in [5, 5.41) is 58.3. The van der Waals surface area contributed by atoms with Crippen LogP contribution in [0.5, 0.6) is 0 Å². The van der Waals surface area contributed by atoms with Crippen molar-refractivity contribution >= 4 is 69.4 Å². The first-order valence-electron chi connectivity index (χ1n) is 28.1. The number of carbonyl (C=O) groups is 4. The number of fused-ring (bicyclic) bond motifs is 6. The Hall–Kier alpha value is -7.85. The molecule has 0 bridgehead atoms. The van der Waals surface area contributed by atoms with Gasteiger partial charge in [0.1, 0.15) is 5.78 Å². The van der Waals surface area contributed by atoms with Crippen LogP contribution in [0, 0.1) is 13.8 Å². The van der Waals surface area contributed by atoms with Gasteiger partial charge < -0.3 is 41.2 Å². The Bertz CT molecular complexity index is 3350. The van der Waals surface area contributed by atoms with Crippen LogP contribution in [0.4, 0.5) is 50.9 Å². The number of carboxylic acid groups (broad SMARTS) is 3. The number of ketones is 1. The van der Waals surface area contributed by atoms with Crippen LogP contribution in [0.25, 0.3) is 33.7 Å². The van der Waals surface area contributed by atoms with Gasteiger partial charge in [-0.3, -0.25) is 4.90 Å². The number of nitrogens with one attached hydrogen (secondary N) is 3. The molecule has 2 aromatic heterocycles. The number of carbonyl (C=O) groups excluding carboxylic acids is 1. The van der Waals surface area contributed by atoms with Crippen molar-refractivity contribution in [1.82, 2.24) is 40.2 Å². The topological polar surface area (TPSA) is 250 Å². The Morgan fingerprint density at radius 3 is 1.31 bits per heavy atom. The SMILES string of the molecule is C.CCC(C)=O.CCC(C)N1CC=C(c2ccc3c(c2)C(Nc2ccc(Cl)cc2)CCn2nnc(C)c2-3)CC1.CO.Cc1nnn2c1-c1ccc(C3=CCNCC3)cc1C(Nc1ccc(Cl)cc1)CC2.O=C(O)C(F)(F)F.O=C(O)C(F)(F)F.O=C(O)C(F)(F)F. The summed E-state index contributed by atoms with van der Waals surface area (Å²) in [4.78, 5) is 39.1. The fourth-order valence-corrected chi connectivity index (χ4v) is 9.66. The van der Waals surface area contributed by atoms with Crippen molar-refractivity contribution < 1.29 is 79.1 Å². The molecule has 0 saturated carbocycles. The Morgan fingerprint density at radius 2 is 1.00 bits per heavy atom. The number of rotatable bonds is 9. The minimum Gasteiger partial charge on any atom is -0.475 e. The molecular weight excluding hydrogens is 1250 g/mol. The van der Waals surface area contributed by atoms with Gasteiger partial charge in [0.25, 0.3) is 0 Å². The number of anilines is 2. The molecule has 0 saturated heterocycles. The number of carboxylic acids is 3. The number of aromatic nitrogens is 6. The molecule has 498 valence electrons. The third-order valence-corrected chi connectivity index (χ3v) is 14.8. The lowest BCUT2D eigenvalue weighted by Gasteiger charge is -2.31. The molecule has 10 rings (SSSR count). The number of aliphatic carboxylic acids is 3. The first-order chi connectivity index (χ1) is 42.3. The molecule has 7 N–H and O–H groups in total. The first-order valence-corrected chi connectivity index (χ1v) is 28.9. The molecule has 29 heteroatoms. The number of aliphatic hydroxyl groups excluding tert-OH is 1. The van der Waals surface area contributed by atoms with Crippen molar-refractivity contribution in [3.63, 3.8) is 0 Å². The molecule has 4 aliphatic heterocycles. The van der Waals surface area contributed by atoms with Crippen LogP contribution in [-0.4, -0.2) is 137 Å². The maximum absolute atomic E-state index is 10.6. The molecule has 3 atom stereocenters. The predicted molar refractivity (Wildman–Crippen MR) is 332 cm³/mol. The van der Waals surface area contributed by atoms with E-state index in [4.69, 9.17) is 58.0 Å². The average molecular weight is 1330 g/mol. The molecule has 0 amide bonds. The molecule has 6 heterocycles. The number of alkyl halides is 9. The fraction of sp³-hybridized carbons (Fsp3) is 0.419. The summed E-state index contributed by atoms with van der Waals surface area (Å²) in [6, 6.07) is 30.7. The van der Waals surface area contributed by atoms with Crippen LogP contribution in [0.3, 0.4) is 0 Å². The van der Waals surface area contributed by atoms with Crippen molar-refractivity contribution in [1.29, 1.82) is 0 Å². The lowest BCUT2D eigenvalue weighted by atomic mass is 9.90. The third kappa shape index (κ3) is 23.4. The van der Waals surface area contributed by atoms with Crippen molar-refractivity contribution in [2.75, 3.05) is 43.9 Å². The van der Waals surface area contributed by atoms with Crippen LogP contribution < -0.4 is 16.0 Å². The number of aliphatic hydroxyl groups is 1. The van der Waals surface area contributed by atoms with Crippen LogP contribution >= 0.6 is 23.2 Å². The van der Waals surface area contributed by atoms with E-state index in [9.17, 15) is 44.3 Å². The second kappa shape index (κ2) is 35.7. The Kier molecular flexibility index (Phi) is 30.3. The number of nitrogens with zero attached hydrogens (tertiary/aromatic N) is 7. The zero-order valence-corrected chi connectivity index (χ0v) is 51.7. The molecule has 0 radical (unpaired) electrons. The normalized spacial score (nSPS) is 15.9. The van der Waals surface area contributed by atoms with E-state index in [1.54, 1.807) is 6.92 Å². The molecule has 6 aromatic rings. The van der Waals surface area contributed by atoms with E-state index in [0.717, 1.165) is 116 Å². The minimum absolute atomic E-state index is 0. The molecule has 0 aliphatic carbocycles. The van der Waals surface area contributed by atoms with Crippen molar-refractivity contribution in [2.24, 2.45) is 0 Å². The van der Waals surface area contributed by atoms with Gasteiger partial charge in [-0.05, 0) is 160 Å². The summed E-state index contributed by atoms with van der Waals surface area (Å²) in [7, 11) is 1.00. The highest BCUT2D eigenvalue weighted by molar-refractivity contribution is 6.30. The third-order valence-electron chi connectivity index (χ3n) is 14.3. The van der Waals surface area contributed by atoms with Gasteiger partial charge in [-0.2, -0.15) is 39.5 Å². The quantitative estimate of drug-likeness (QED) is 0.0665. The second-order valence-electron chi connectivity index (χ2n) is 20.5. The van der Waals surface area contributed by atoms with Gasteiger partial charge in [-0.15, -0.1) is 10.2 Å². The van der Waals surface area contributed by atoms with Gasteiger partial charge in [-0.1, -0.05) is 91.3 Å². The summed E-state index contributed by atoms with van der Waals surface area (Å²) < 4.78 is 99.3. The predicted octanol–water partition coefficient (Wildman–Crippen LogP) is 14.3. The number of hydrogen-bond acceptors (Lipinski definition) is 13. The Morgan fingerprint density at radius 1 is 0.626 bits per heavy atom. The van der Waals surface area contributed by atoms with Crippen LogP contribution in [0.1, 0.15) is 119 Å². The molecule has 4 aromatic carbocycles. The molecule has 0 fully saturated rings. The van der Waals surface area contributed by atoms with E-state index in [-0.39, 0.29) is 25.3 Å². The number of benzene rings is 4. The van der Waals surface area contributed by atoms with Crippen molar-refractivity contribution in [3.8, 4) is 22.5 Å². The monoisotopic (exact) mass is 1330 g/mol. The maximum Gasteiger partial charge on any atom is 0.490 e. The Balaban J connectivity index is 0.000000335. The first kappa shape index (κ1) is 77.4. The van der Waals surface area contributed by atoms with Gasteiger partial charge in [-0.25, -0.2) is 23.7 Å². The van der Waals surface area contributed by atoms with Crippen molar-refractivity contribution in [3.05, 3.63) is 141 Å². The Labute approximate surface area is 531 Å². The van der Waals surface area contributed by atoms with Crippen LogP contribution in [-0.2, 0) is 32.3 Å². The summed E-state index contributed by atoms with van der Waals surface area (Å²) in [6.07, 6.45) is -4.62. The summed E-state index contributed by atoms with van der Waals surface area (Å²) in [5.41, 5.74) is 17.0. The standard InChI is InChI=1S/C27H32ClN5.C23H24ClN5.C4H8O.3C2HF3O2.CH4O.CH4/c1-4-18(2)32-14-11-20(12-15-32)21-5-10-24-25(17-21)26(29-23-8-6-22(28)7-9-23)13-16-33-27(24)19(3)30-31-33;1-15-23-20-7-2-17(16-8-11-25-12-9-16)14-21(20)22(10-13-29(23)28-27-15)26-19-5-3-18(24)4-6-19;1-3-4(2)5;3*3-2(4,5)1(6)7;1-2;/h5-11,17-18,26,29H,4,12-16H2,1-3H3;2-8,14,22,25-26H,9-13H2,1H3;3H2,1-2H3;3*(H,6,7);2H,1H3;1H4. The molecular formula is C62H75Cl2F9N10O8. The molecule has 0 spiro atoms. The number of hydrogen-bond donors (Lipinski definition) is 7. The van der Waals surface area contributed by atoms with E-state index in [0.29, 0.717) is 12.5 Å². The van der Waals surface area contributed by atoms with E-state index in [1.807, 2.05) is 54.9 Å². The van der Waals surface area contributed by atoms with Gasteiger partial charge in [0.2, 0.25) is 0 Å². The smallest absolute Gasteiger partial charge is 0.475 e. The number of Topliss-reactive ketones (excluding diaryl/α,β-unsaturated/α-hetero) is 1. The number of halogens is 11. The summed E-state index contributed by atoms with van der Waals surface area (Å²) in [6.45, 7) is 17.9. The lowest BCUT2D eigenvalue weighted by molar-refractivity contribution is -0.193. The fourth-order valence-electron chi connectivity index (χ4n) is 9.41. The molecule has 3 unspecified atom stereocenters. The van der Waals surface area contributed by atoms with Gasteiger partial charge in [0.05, 0.1) is 34.9 Å². The van der Waals surface area contributed by atoms with Gasteiger partial charge in [0.15, 0.2) is 0 Å². The molecule has 4 aliphatic rings. The van der Waals surface area contributed by atoms with E-state index in [1.165, 1.54) is 50.9 Å². The van der Waals surface area contributed by atoms with E-state index >= 15 is 0 Å². The van der Waals surface area contributed by atoms with Crippen LogP contribution in [0.2, 0.25) is 10.0 Å². The van der Waals surface area contributed by atoms with E-state index < -0.39 is 36.4 Å². The molecule has 91 heavy (non-hydrogen) atoms. The molecule has 18 nitrogen and oxygen atoms in total. The summed E-state index contributed by atoms with van der Waals surface area (Å²) >= 11 is 12.2. The highest BCUT2D eigenvalue weighted by Crippen LogP contribution is 2.41.